The number of fused-ring (bicyclic) bond motifs is 1. The van der Waals surface area contributed by atoms with Crippen LogP contribution in [-0.2, 0) is 9.53 Å². The summed E-state index contributed by atoms with van der Waals surface area (Å²) in [4.78, 5) is 28.0. The molecule has 3 rings (SSSR count). The molecular formula is C20H17NO3. The van der Waals surface area contributed by atoms with Gasteiger partial charge >= 0.3 is 5.97 Å². The Morgan fingerprint density at radius 2 is 1.75 bits per heavy atom. The van der Waals surface area contributed by atoms with E-state index in [2.05, 4.69) is 4.98 Å². The maximum absolute atomic E-state index is 13.0. The van der Waals surface area contributed by atoms with E-state index < -0.39 is 12.1 Å². The molecule has 1 N–H and O–H groups in total. The highest BCUT2D eigenvalue weighted by Gasteiger charge is 2.27. The van der Waals surface area contributed by atoms with E-state index in [1.165, 1.54) is 6.08 Å². The van der Waals surface area contributed by atoms with Crippen LogP contribution in [0.15, 0.2) is 72.9 Å². The van der Waals surface area contributed by atoms with E-state index in [0.717, 1.165) is 10.9 Å². The van der Waals surface area contributed by atoms with Crippen LogP contribution in [-0.4, -0.2) is 16.7 Å². The number of hydrogen-bond donors (Lipinski definition) is 1. The zero-order chi connectivity index (χ0) is 16.9. The fourth-order valence-corrected chi connectivity index (χ4v) is 2.61. The lowest BCUT2D eigenvalue weighted by molar-refractivity contribution is -0.141. The summed E-state index contributed by atoms with van der Waals surface area (Å²) in [6.07, 6.45) is 3.57. The maximum atomic E-state index is 13.0. The number of benzene rings is 2. The molecule has 1 aromatic heterocycles. The highest BCUT2D eigenvalue weighted by molar-refractivity contribution is 6.10. The highest BCUT2D eigenvalue weighted by atomic mass is 16.5. The fraction of sp³-hybridized carbons (Fsp3) is 0.100. The summed E-state index contributed by atoms with van der Waals surface area (Å²) < 4.78 is 5.42. The highest BCUT2D eigenvalue weighted by Crippen LogP contribution is 2.27. The predicted octanol–water partition coefficient (Wildman–Crippen LogP) is 4.21. The number of H-pyrrole nitrogens is 1. The van der Waals surface area contributed by atoms with Gasteiger partial charge in [-0.1, -0.05) is 54.6 Å². The van der Waals surface area contributed by atoms with Crippen molar-refractivity contribution in [2.24, 2.45) is 0 Å². The summed E-state index contributed by atoms with van der Waals surface area (Å²) in [7, 11) is 0. The van der Waals surface area contributed by atoms with Crippen molar-refractivity contribution in [1.82, 2.24) is 4.98 Å². The van der Waals surface area contributed by atoms with Gasteiger partial charge < -0.3 is 9.72 Å². The van der Waals surface area contributed by atoms with Crippen LogP contribution in [0.1, 0.15) is 28.9 Å². The summed E-state index contributed by atoms with van der Waals surface area (Å²) in [5, 5.41) is 0.811. The second kappa shape index (κ2) is 6.96. The molecule has 0 amide bonds. The van der Waals surface area contributed by atoms with Gasteiger partial charge in [-0.2, -0.15) is 0 Å². The Morgan fingerprint density at radius 3 is 2.50 bits per heavy atom. The van der Waals surface area contributed by atoms with Crippen LogP contribution in [0.4, 0.5) is 0 Å². The summed E-state index contributed by atoms with van der Waals surface area (Å²) >= 11 is 0. The fourth-order valence-electron chi connectivity index (χ4n) is 2.61. The Balaban J connectivity index is 2.01. The smallest absolute Gasteiger partial charge is 0.331 e. The molecule has 4 heteroatoms. The number of para-hydroxylation sites is 1. The van der Waals surface area contributed by atoms with E-state index in [1.807, 2.05) is 42.5 Å². The number of allylic oxidation sites excluding steroid dienone is 1. The van der Waals surface area contributed by atoms with Crippen molar-refractivity contribution in [2.45, 2.75) is 13.0 Å². The quantitative estimate of drug-likeness (QED) is 0.435. The molecule has 0 fully saturated rings. The Morgan fingerprint density at radius 1 is 1.04 bits per heavy atom. The average Bonchev–Trinajstić information content (AvgIpc) is 3.04. The molecule has 0 aliphatic carbocycles. The molecule has 0 saturated carbocycles. The molecule has 24 heavy (non-hydrogen) atoms. The van der Waals surface area contributed by atoms with Gasteiger partial charge in [-0.15, -0.1) is 0 Å². The monoisotopic (exact) mass is 319 g/mol. The number of rotatable bonds is 5. The molecule has 0 spiro atoms. The topological polar surface area (TPSA) is 59.2 Å². The lowest BCUT2D eigenvalue weighted by atomic mass is 9.99. The van der Waals surface area contributed by atoms with Gasteiger partial charge in [-0.3, -0.25) is 4.79 Å². The van der Waals surface area contributed by atoms with Crippen LogP contribution in [0.2, 0.25) is 0 Å². The van der Waals surface area contributed by atoms with Gasteiger partial charge in [0.05, 0.1) is 0 Å². The maximum Gasteiger partial charge on any atom is 0.331 e. The Hall–Kier alpha value is -3.14. The van der Waals surface area contributed by atoms with E-state index in [1.54, 1.807) is 31.3 Å². The standard InChI is InChI=1S/C20H17NO3/c1-2-8-18(22)24-20(14-9-4-3-5-10-14)19(23)16-13-21-17-12-7-6-11-15(16)17/h2-13,20-21H,1H3/b8-2+/t20-/m1/s1. The lowest BCUT2D eigenvalue weighted by Crippen LogP contribution is -2.19. The number of hydrogen-bond acceptors (Lipinski definition) is 3. The van der Waals surface area contributed by atoms with Gasteiger partial charge in [0.2, 0.25) is 5.78 Å². The van der Waals surface area contributed by atoms with Crippen LogP contribution < -0.4 is 0 Å². The summed E-state index contributed by atoms with van der Waals surface area (Å²) in [5.74, 6) is -0.795. The summed E-state index contributed by atoms with van der Waals surface area (Å²) in [6, 6.07) is 16.6. The Bertz CT molecular complexity index is 893. The molecule has 1 heterocycles. The number of nitrogens with one attached hydrogen (secondary N) is 1. The molecule has 1 atom stereocenters. The molecule has 2 aromatic carbocycles. The van der Waals surface area contributed by atoms with Crippen LogP contribution >= 0.6 is 0 Å². The molecule has 3 aromatic rings. The van der Waals surface area contributed by atoms with Crippen molar-refractivity contribution < 1.29 is 14.3 Å². The zero-order valence-corrected chi connectivity index (χ0v) is 13.2. The first-order valence-corrected chi connectivity index (χ1v) is 7.69. The first-order valence-electron chi connectivity index (χ1n) is 7.69. The molecular weight excluding hydrogens is 302 g/mol. The minimum atomic E-state index is -0.978. The second-order valence-corrected chi connectivity index (χ2v) is 5.34. The van der Waals surface area contributed by atoms with Crippen LogP contribution in [0.5, 0.6) is 0 Å². The summed E-state index contributed by atoms with van der Waals surface area (Å²) in [5.41, 5.74) is 2.02. The minimum Gasteiger partial charge on any atom is -0.446 e. The van der Waals surface area contributed by atoms with Gasteiger partial charge in [0.15, 0.2) is 6.10 Å². The first-order chi connectivity index (χ1) is 11.7. The van der Waals surface area contributed by atoms with Crippen molar-refractivity contribution in [3.63, 3.8) is 0 Å². The van der Waals surface area contributed by atoms with Crippen LogP contribution in [0.3, 0.4) is 0 Å². The second-order valence-electron chi connectivity index (χ2n) is 5.34. The summed E-state index contributed by atoms with van der Waals surface area (Å²) in [6.45, 7) is 1.72. The van der Waals surface area contributed by atoms with Crippen molar-refractivity contribution >= 4 is 22.7 Å². The number of Topliss-reactive ketones (excluding diaryl/α,β-unsaturated/α-hetero) is 1. The average molecular weight is 319 g/mol. The van der Waals surface area contributed by atoms with Gasteiger partial charge in [0.25, 0.3) is 0 Å². The third-order valence-corrected chi connectivity index (χ3v) is 3.73. The van der Waals surface area contributed by atoms with Crippen molar-refractivity contribution in [2.75, 3.05) is 0 Å². The Kier molecular flexibility index (Phi) is 4.57. The third-order valence-electron chi connectivity index (χ3n) is 3.73. The normalized spacial score (nSPS) is 12.4. The van der Waals surface area contributed by atoms with Crippen molar-refractivity contribution in [3.8, 4) is 0 Å². The number of aromatic amines is 1. The van der Waals surface area contributed by atoms with Gasteiger partial charge in [-0.05, 0) is 13.0 Å². The molecule has 0 unspecified atom stereocenters. The van der Waals surface area contributed by atoms with Gasteiger partial charge in [0, 0.05) is 34.3 Å². The van der Waals surface area contributed by atoms with E-state index in [-0.39, 0.29) is 5.78 Å². The number of esters is 1. The van der Waals surface area contributed by atoms with E-state index in [4.69, 9.17) is 4.74 Å². The van der Waals surface area contributed by atoms with Crippen LogP contribution in [0, 0.1) is 0 Å². The number of ketones is 1. The SMILES string of the molecule is C/C=C/C(=O)O[C@@H](C(=O)c1c[nH]c2ccccc12)c1ccccc1. The molecule has 0 aliphatic heterocycles. The number of carbonyl (C=O) groups is 2. The molecule has 120 valence electrons. The van der Waals surface area contributed by atoms with Crippen molar-refractivity contribution in [1.29, 1.82) is 0 Å². The number of ether oxygens (including phenoxy) is 1. The minimum absolute atomic E-state index is 0.253. The van der Waals surface area contributed by atoms with E-state index >= 15 is 0 Å². The number of carbonyl (C=O) groups excluding carboxylic acids is 2. The molecule has 0 radical (unpaired) electrons. The van der Waals surface area contributed by atoms with Crippen molar-refractivity contribution in [3.05, 3.63) is 84.1 Å². The van der Waals surface area contributed by atoms with E-state index in [9.17, 15) is 9.59 Å². The lowest BCUT2D eigenvalue weighted by Gasteiger charge is -2.16. The molecule has 0 saturated heterocycles. The van der Waals surface area contributed by atoms with E-state index in [0.29, 0.717) is 11.1 Å². The number of aromatic nitrogens is 1. The molecule has 4 nitrogen and oxygen atoms in total. The Labute approximate surface area is 139 Å². The molecule has 0 aliphatic rings. The van der Waals surface area contributed by atoms with Gasteiger partial charge in [0.1, 0.15) is 0 Å². The zero-order valence-electron chi connectivity index (χ0n) is 13.2. The third kappa shape index (κ3) is 3.13. The molecule has 0 bridgehead atoms. The largest absolute Gasteiger partial charge is 0.446 e. The van der Waals surface area contributed by atoms with Crippen LogP contribution in [0.25, 0.3) is 10.9 Å². The predicted molar refractivity (Wildman–Crippen MR) is 92.7 cm³/mol. The van der Waals surface area contributed by atoms with Gasteiger partial charge in [-0.25, -0.2) is 4.79 Å². The first kappa shape index (κ1) is 15.7.